The fourth-order valence-corrected chi connectivity index (χ4v) is 5.26. The topological polar surface area (TPSA) is 173 Å². The number of nitriles is 1. The van der Waals surface area contributed by atoms with Gasteiger partial charge in [-0.05, 0) is 41.7 Å². The van der Waals surface area contributed by atoms with E-state index in [0.29, 0.717) is 28.9 Å². The van der Waals surface area contributed by atoms with Crippen LogP contribution in [0.2, 0.25) is 0 Å². The first-order valence-corrected chi connectivity index (χ1v) is 12.2. The molecule has 0 bridgehead atoms. The average Bonchev–Trinajstić information content (AvgIpc) is 2.77. The summed E-state index contributed by atoms with van der Waals surface area (Å²) >= 11 is 0. The highest BCUT2D eigenvalue weighted by atomic mass is 32.2. The highest BCUT2D eigenvalue weighted by molar-refractivity contribution is 7.89. The summed E-state index contributed by atoms with van der Waals surface area (Å²) in [6, 6.07) is 13.6. The summed E-state index contributed by atoms with van der Waals surface area (Å²) in [5, 5.41) is 26.7. The Kier molecular flexibility index (Phi) is 5.75. The van der Waals surface area contributed by atoms with Crippen LogP contribution in [0.1, 0.15) is 38.2 Å². The van der Waals surface area contributed by atoms with Crippen molar-refractivity contribution in [2.45, 2.75) is 37.5 Å². The Labute approximate surface area is 202 Å². The minimum Gasteiger partial charge on any atom is -0.384 e. The predicted octanol–water partition coefficient (Wildman–Crippen LogP) is 3.18. The standard InChI is InChI=1S/C24H23N5O5S/c1-24(2)11-19-22(20(30)12-24)21(14-4-3-5-16(10-14)29(31)32)18(13-25)23(26)28(19)15-6-8-17(9-7-15)35(27,33)34/h3-10,21H,11-12,26H2,1-2H3,(H2,27,33,34). The van der Waals surface area contributed by atoms with Gasteiger partial charge >= 0.3 is 0 Å². The van der Waals surface area contributed by atoms with Crippen LogP contribution in [-0.4, -0.2) is 19.1 Å². The van der Waals surface area contributed by atoms with E-state index in [-0.39, 0.29) is 34.2 Å². The molecule has 1 atom stereocenters. The molecule has 10 nitrogen and oxygen atoms in total. The van der Waals surface area contributed by atoms with Crippen LogP contribution in [0.5, 0.6) is 0 Å². The first-order chi connectivity index (χ1) is 16.3. The zero-order valence-corrected chi connectivity index (χ0v) is 19.9. The van der Waals surface area contributed by atoms with Crippen LogP contribution in [0.15, 0.2) is 76.1 Å². The van der Waals surface area contributed by atoms with Crippen LogP contribution in [-0.2, 0) is 14.8 Å². The van der Waals surface area contributed by atoms with Gasteiger partial charge in [-0.2, -0.15) is 5.26 Å². The third-order valence-electron chi connectivity index (χ3n) is 6.22. The minimum atomic E-state index is -3.92. The Morgan fingerprint density at radius 3 is 2.40 bits per heavy atom. The van der Waals surface area contributed by atoms with Gasteiger partial charge in [-0.1, -0.05) is 26.0 Å². The molecule has 0 radical (unpaired) electrons. The second-order valence-electron chi connectivity index (χ2n) is 9.37. The van der Waals surface area contributed by atoms with Gasteiger partial charge < -0.3 is 5.73 Å². The normalized spacial score (nSPS) is 19.9. The van der Waals surface area contributed by atoms with Gasteiger partial charge in [-0.25, -0.2) is 13.6 Å². The van der Waals surface area contributed by atoms with Crippen LogP contribution in [0.25, 0.3) is 0 Å². The average molecular weight is 494 g/mol. The van der Waals surface area contributed by atoms with Crippen molar-refractivity contribution < 1.29 is 18.1 Å². The van der Waals surface area contributed by atoms with E-state index < -0.39 is 26.3 Å². The summed E-state index contributed by atoms with van der Waals surface area (Å²) in [6.07, 6.45) is 0.671. The number of rotatable bonds is 4. The van der Waals surface area contributed by atoms with Crippen molar-refractivity contribution in [3.63, 3.8) is 0 Å². The lowest BCUT2D eigenvalue weighted by Gasteiger charge is -2.43. The molecule has 35 heavy (non-hydrogen) atoms. The van der Waals surface area contributed by atoms with Crippen LogP contribution >= 0.6 is 0 Å². The maximum Gasteiger partial charge on any atom is 0.269 e. The summed E-state index contributed by atoms with van der Waals surface area (Å²) in [5.41, 5.74) is 7.82. The third kappa shape index (κ3) is 4.29. The van der Waals surface area contributed by atoms with E-state index in [2.05, 4.69) is 6.07 Å². The third-order valence-corrected chi connectivity index (χ3v) is 7.15. The van der Waals surface area contributed by atoms with Gasteiger partial charge in [0.15, 0.2) is 5.78 Å². The largest absolute Gasteiger partial charge is 0.384 e. The molecule has 1 aliphatic heterocycles. The monoisotopic (exact) mass is 493 g/mol. The number of benzene rings is 2. The van der Waals surface area contributed by atoms with Crippen LogP contribution < -0.4 is 15.8 Å². The van der Waals surface area contributed by atoms with Crippen LogP contribution in [0.4, 0.5) is 11.4 Å². The van der Waals surface area contributed by atoms with Gasteiger partial charge in [0.1, 0.15) is 5.82 Å². The number of nitro benzene ring substituents is 1. The Balaban J connectivity index is 1.97. The van der Waals surface area contributed by atoms with Crippen molar-refractivity contribution >= 4 is 27.2 Å². The summed E-state index contributed by atoms with van der Waals surface area (Å²) in [4.78, 5) is 25.8. The fraction of sp³-hybridized carbons (Fsp3) is 0.250. The molecule has 1 heterocycles. The number of nitro groups is 1. The summed E-state index contributed by atoms with van der Waals surface area (Å²) in [6.45, 7) is 3.89. The van der Waals surface area contributed by atoms with E-state index in [4.69, 9.17) is 10.9 Å². The van der Waals surface area contributed by atoms with E-state index in [1.54, 1.807) is 11.0 Å². The zero-order chi connectivity index (χ0) is 25.7. The number of Topliss-reactive ketones (excluding diaryl/α,β-unsaturated/α-hetero) is 1. The summed E-state index contributed by atoms with van der Waals surface area (Å²) in [5.74, 6) is -0.978. The summed E-state index contributed by atoms with van der Waals surface area (Å²) < 4.78 is 23.4. The molecule has 180 valence electrons. The Hall–Kier alpha value is -4.01. The lowest BCUT2D eigenvalue weighted by Crippen LogP contribution is -2.42. The molecule has 0 amide bonds. The fourth-order valence-electron chi connectivity index (χ4n) is 4.74. The van der Waals surface area contributed by atoms with E-state index in [1.165, 1.54) is 42.5 Å². The first kappa shape index (κ1) is 24.1. The number of ketones is 1. The molecule has 1 unspecified atom stereocenters. The van der Waals surface area contributed by atoms with Crippen molar-refractivity contribution in [2.24, 2.45) is 16.3 Å². The van der Waals surface area contributed by atoms with E-state index in [0.717, 1.165) is 0 Å². The first-order valence-electron chi connectivity index (χ1n) is 10.7. The number of carbonyl (C=O) groups excluding carboxylic acids is 1. The number of nitrogens with zero attached hydrogens (tertiary/aromatic N) is 3. The second-order valence-corrected chi connectivity index (χ2v) is 10.9. The van der Waals surface area contributed by atoms with Crippen molar-refractivity contribution in [1.82, 2.24) is 0 Å². The molecular formula is C24H23N5O5S. The second kappa shape index (κ2) is 8.33. The molecule has 2 aliphatic rings. The van der Waals surface area contributed by atoms with Gasteiger partial charge in [-0.15, -0.1) is 0 Å². The van der Waals surface area contributed by atoms with E-state index in [9.17, 15) is 28.6 Å². The van der Waals surface area contributed by atoms with Gasteiger partial charge in [0, 0.05) is 35.5 Å². The van der Waals surface area contributed by atoms with E-state index in [1.807, 2.05) is 13.8 Å². The number of nitrogens with two attached hydrogens (primary N) is 2. The number of sulfonamides is 1. The molecule has 4 rings (SSSR count). The number of primary sulfonamides is 1. The maximum absolute atomic E-state index is 13.5. The van der Waals surface area contributed by atoms with Crippen molar-refractivity contribution in [3.05, 3.63) is 86.9 Å². The molecule has 2 aromatic rings. The molecular weight excluding hydrogens is 470 g/mol. The Morgan fingerprint density at radius 1 is 1.17 bits per heavy atom. The molecule has 0 saturated heterocycles. The van der Waals surface area contributed by atoms with Crippen molar-refractivity contribution in [2.75, 3.05) is 4.90 Å². The zero-order valence-electron chi connectivity index (χ0n) is 19.1. The van der Waals surface area contributed by atoms with Gasteiger partial charge in [-0.3, -0.25) is 19.8 Å². The number of non-ortho nitro benzene ring substituents is 1. The van der Waals surface area contributed by atoms with Crippen molar-refractivity contribution in [1.29, 1.82) is 5.26 Å². The number of hydrogen-bond donors (Lipinski definition) is 2. The summed E-state index contributed by atoms with van der Waals surface area (Å²) in [7, 11) is -3.92. The molecule has 1 aliphatic carbocycles. The number of carbonyl (C=O) groups is 1. The molecule has 0 aromatic heterocycles. The van der Waals surface area contributed by atoms with Crippen LogP contribution in [0.3, 0.4) is 0 Å². The van der Waals surface area contributed by atoms with E-state index >= 15 is 0 Å². The maximum atomic E-state index is 13.5. The van der Waals surface area contributed by atoms with Crippen molar-refractivity contribution in [3.8, 4) is 6.07 Å². The predicted molar refractivity (Wildman–Crippen MR) is 128 cm³/mol. The Morgan fingerprint density at radius 2 is 1.83 bits per heavy atom. The smallest absolute Gasteiger partial charge is 0.269 e. The number of anilines is 1. The molecule has 0 saturated carbocycles. The minimum absolute atomic E-state index is 0.0663. The molecule has 4 N–H and O–H groups in total. The lowest BCUT2D eigenvalue weighted by molar-refractivity contribution is -0.384. The quantitative estimate of drug-likeness (QED) is 0.482. The highest BCUT2D eigenvalue weighted by Gasteiger charge is 2.44. The molecule has 2 aromatic carbocycles. The van der Waals surface area contributed by atoms with Crippen LogP contribution in [0, 0.1) is 26.9 Å². The van der Waals surface area contributed by atoms with Gasteiger partial charge in [0.05, 0.1) is 27.4 Å². The molecule has 0 spiro atoms. The van der Waals surface area contributed by atoms with Gasteiger partial charge in [0.2, 0.25) is 10.0 Å². The number of allylic oxidation sites excluding steroid dienone is 3. The Bertz CT molecular complexity index is 1470. The molecule has 0 fully saturated rings. The molecule has 11 heteroatoms. The SMILES string of the molecule is CC1(C)CC(=O)C2=C(C1)N(c1ccc(S(N)(=O)=O)cc1)C(N)=C(C#N)C2c1cccc([N+](=O)[O-])c1. The van der Waals surface area contributed by atoms with Gasteiger partial charge in [0.25, 0.3) is 5.69 Å². The lowest BCUT2D eigenvalue weighted by atomic mass is 9.68. The number of hydrogen-bond acceptors (Lipinski definition) is 8. The highest BCUT2D eigenvalue weighted by Crippen LogP contribution is 2.50.